The first-order chi connectivity index (χ1) is 11.2. The number of carbonyl (C=O) groups is 1. The number of methoxy groups -OCH3 is 1. The summed E-state index contributed by atoms with van der Waals surface area (Å²) in [6.07, 6.45) is 0. The first-order valence-electron chi connectivity index (χ1n) is 7.25. The summed E-state index contributed by atoms with van der Waals surface area (Å²) in [6.45, 7) is 0.548. The third-order valence-electron chi connectivity index (χ3n) is 3.69. The highest BCUT2D eigenvalue weighted by atomic mass is 16.7. The maximum absolute atomic E-state index is 11.8. The Morgan fingerprint density at radius 3 is 2.78 bits per heavy atom. The lowest BCUT2D eigenvalue weighted by Crippen LogP contribution is -2.39. The molecule has 1 aliphatic heterocycles. The molecule has 0 spiro atoms. The van der Waals surface area contributed by atoms with Gasteiger partial charge in [0.15, 0.2) is 0 Å². The quantitative estimate of drug-likeness (QED) is 0.861. The van der Waals surface area contributed by atoms with Gasteiger partial charge in [0.1, 0.15) is 30.8 Å². The average Bonchev–Trinajstić information content (AvgIpc) is 2.98. The van der Waals surface area contributed by atoms with E-state index in [1.807, 2.05) is 42.5 Å². The van der Waals surface area contributed by atoms with E-state index in [0.717, 1.165) is 11.1 Å². The number of hydrogen-bond acceptors (Lipinski definition) is 4. The van der Waals surface area contributed by atoms with Gasteiger partial charge in [-0.1, -0.05) is 30.3 Å². The van der Waals surface area contributed by atoms with Crippen LogP contribution in [-0.4, -0.2) is 24.8 Å². The molecule has 0 bridgehead atoms. The van der Waals surface area contributed by atoms with E-state index in [2.05, 4.69) is 0 Å². The number of nitrogens with two attached hydrogens (primary N) is 1. The second-order valence-corrected chi connectivity index (χ2v) is 5.15. The molecule has 0 aromatic heterocycles. The first kappa shape index (κ1) is 15.2. The summed E-state index contributed by atoms with van der Waals surface area (Å²) in [6, 6.07) is 14.0. The summed E-state index contributed by atoms with van der Waals surface area (Å²) in [5, 5.41) is 1.17. The molecule has 6 nitrogen and oxygen atoms in total. The van der Waals surface area contributed by atoms with Crippen molar-refractivity contribution in [3.8, 4) is 11.5 Å². The molecule has 3 rings (SSSR count). The third-order valence-corrected chi connectivity index (χ3v) is 3.69. The Kier molecular flexibility index (Phi) is 4.34. The molecule has 2 aromatic carbocycles. The van der Waals surface area contributed by atoms with Crippen LogP contribution in [0.15, 0.2) is 48.5 Å². The molecule has 120 valence electrons. The zero-order chi connectivity index (χ0) is 16.2. The minimum absolute atomic E-state index is 0.256. The number of hydroxylamine groups is 2. The molecular formula is C17H18N2O4. The third kappa shape index (κ3) is 3.22. The van der Waals surface area contributed by atoms with E-state index in [1.165, 1.54) is 5.06 Å². The summed E-state index contributed by atoms with van der Waals surface area (Å²) in [4.78, 5) is 17.4. The minimum Gasteiger partial charge on any atom is -0.497 e. The van der Waals surface area contributed by atoms with Crippen LogP contribution >= 0.6 is 0 Å². The van der Waals surface area contributed by atoms with E-state index in [9.17, 15) is 4.79 Å². The number of carbonyl (C=O) groups excluding carboxylic acids is 1. The van der Waals surface area contributed by atoms with Gasteiger partial charge in [-0.2, -0.15) is 5.06 Å². The molecular weight excluding hydrogens is 296 g/mol. The molecule has 0 aliphatic carbocycles. The lowest BCUT2D eigenvalue weighted by Gasteiger charge is -2.25. The van der Waals surface area contributed by atoms with Gasteiger partial charge in [0, 0.05) is 11.6 Å². The molecule has 2 N–H and O–H groups in total. The zero-order valence-electron chi connectivity index (χ0n) is 12.8. The van der Waals surface area contributed by atoms with E-state index in [-0.39, 0.29) is 12.6 Å². The van der Waals surface area contributed by atoms with Gasteiger partial charge < -0.3 is 15.2 Å². The molecule has 0 fully saturated rings. The Balaban J connectivity index is 1.77. The molecule has 2 aromatic rings. The highest BCUT2D eigenvalue weighted by molar-refractivity contribution is 5.72. The maximum Gasteiger partial charge on any atom is 0.339 e. The fourth-order valence-corrected chi connectivity index (χ4v) is 2.52. The lowest BCUT2D eigenvalue weighted by atomic mass is 10.1. The number of amides is 2. The standard InChI is InChI=1S/C17H18N2O4/c1-21-13-7-8-14-15(11-22-16(14)9-13)19(17(18)20)23-10-12-5-3-2-4-6-12/h2-9,15H,10-11H2,1H3,(H2,18,20)/t15-/m1/s1. The van der Waals surface area contributed by atoms with Gasteiger partial charge in [0.05, 0.1) is 7.11 Å². The Labute approximate surface area is 134 Å². The molecule has 2 amide bonds. The molecule has 0 unspecified atom stereocenters. The number of benzene rings is 2. The van der Waals surface area contributed by atoms with Crippen molar-refractivity contribution in [3.63, 3.8) is 0 Å². The fourth-order valence-electron chi connectivity index (χ4n) is 2.52. The second kappa shape index (κ2) is 6.58. The summed E-state index contributed by atoms with van der Waals surface area (Å²) < 4.78 is 10.8. The molecule has 6 heteroatoms. The molecule has 1 heterocycles. The second-order valence-electron chi connectivity index (χ2n) is 5.15. The number of fused-ring (bicyclic) bond motifs is 1. The number of primary amides is 1. The highest BCUT2D eigenvalue weighted by Gasteiger charge is 2.33. The number of urea groups is 1. The van der Waals surface area contributed by atoms with Gasteiger partial charge in [0.25, 0.3) is 0 Å². The van der Waals surface area contributed by atoms with Crippen molar-refractivity contribution in [2.45, 2.75) is 12.6 Å². The van der Waals surface area contributed by atoms with Gasteiger partial charge in [-0.15, -0.1) is 0 Å². The van der Waals surface area contributed by atoms with Crippen molar-refractivity contribution >= 4 is 6.03 Å². The van der Waals surface area contributed by atoms with Crippen LogP contribution in [-0.2, 0) is 11.4 Å². The van der Waals surface area contributed by atoms with E-state index < -0.39 is 6.03 Å². The Morgan fingerprint density at radius 2 is 2.09 bits per heavy atom. The monoisotopic (exact) mass is 314 g/mol. The maximum atomic E-state index is 11.8. The molecule has 23 heavy (non-hydrogen) atoms. The Bertz CT molecular complexity index is 690. The zero-order valence-corrected chi connectivity index (χ0v) is 12.8. The number of ether oxygens (including phenoxy) is 2. The number of hydrogen-bond donors (Lipinski definition) is 1. The topological polar surface area (TPSA) is 74.0 Å². The fraction of sp³-hybridized carbons (Fsp3) is 0.235. The van der Waals surface area contributed by atoms with Crippen LogP contribution in [0.5, 0.6) is 11.5 Å². The predicted octanol–water partition coefficient (Wildman–Crippen LogP) is 2.64. The van der Waals surface area contributed by atoms with Gasteiger partial charge in [-0.3, -0.25) is 4.84 Å². The van der Waals surface area contributed by atoms with Gasteiger partial charge >= 0.3 is 6.03 Å². The summed E-state index contributed by atoms with van der Waals surface area (Å²) >= 11 is 0. The van der Waals surface area contributed by atoms with Crippen LogP contribution in [0.4, 0.5) is 4.79 Å². The van der Waals surface area contributed by atoms with Crippen molar-refractivity contribution in [3.05, 3.63) is 59.7 Å². The molecule has 0 saturated carbocycles. The van der Waals surface area contributed by atoms with Crippen molar-refractivity contribution in [2.24, 2.45) is 5.73 Å². The van der Waals surface area contributed by atoms with Crippen molar-refractivity contribution < 1.29 is 19.1 Å². The molecule has 1 aliphatic rings. The Morgan fingerprint density at radius 1 is 1.30 bits per heavy atom. The van der Waals surface area contributed by atoms with Crippen LogP contribution in [0, 0.1) is 0 Å². The lowest BCUT2D eigenvalue weighted by molar-refractivity contribution is -0.155. The molecule has 1 atom stereocenters. The number of nitrogens with zero attached hydrogens (tertiary/aromatic N) is 1. The number of rotatable bonds is 5. The van der Waals surface area contributed by atoms with Crippen LogP contribution in [0.1, 0.15) is 17.2 Å². The van der Waals surface area contributed by atoms with E-state index in [1.54, 1.807) is 13.2 Å². The van der Waals surface area contributed by atoms with Crippen molar-refractivity contribution in [1.29, 1.82) is 0 Å². The molecule has 0 saturated heterocycles. The average molecular weight is 314 g/mol. The van der Waals surface area contributed by atoms with Crippen LogP contribution in [0.25, 0.3) is 0 Å². The predicted molar refractivity (Wildman–Crippen MR) is 83.9 cm³/mol. The first-order valence-corrected chi connectivity index (χ1v) is 7.25. The normalized spacial score (nSPS) is 15.6. The SMILES string of the molecule is COc1ccc2c(c1)OC[C@H]2N(OCc1ccccc1)C(N)=O. The van der Waals surface area contributed by atoms with E-state index in [0.29, 0.717) is 18.1 Å². The largest absolute Gasteiger partial charge is 0.497 e. The van der Waals surface area contributed by atoms with Gasteiger partial charge in [0.2, 0.25) is 0 Å². The van der Waals surface area contributed by atoms with Gasteiger partial charge in [-0.25, -0.2) is 4.79 Å². The van der Waals surface area contributed by atoms with Crippen LogP contribution in [0.3, 0.4) is 0 Å². The van der Waals surface area contributed by atoms with E-state index >= 15 is 0 Å². The van der Waals surface area contributed by atoms with Gasteiger partial charge in [-0.05, 0) is 17.7 Å². The summed E-state index contributed by atoms with van der Waals surface area (Å²) in [7, 11) is 1.59. The summed E-state index contributed by atoms with van der Waals surface area (Å²) in [5.74, 6) is 1.36. The molecule has 0 radical (unpaired) electrons. The van der Waals surface area contributed by atoms with Crippen LogP contribution in [0.2, 0.25) is 0 Å². The van der Waals surface area contributed by atoms with Crippen molar-refractivity contribution in [2.75, 3.05) is 13.7 Å². The Hall–Kier alpha value is -2.73. The highest BCUT2D eigenvalue weighted by Crippen LogP contribution is 2.38. The minimum atomic E-state index is -0.654. The van der Waals surface area contributed by atoms with Crippen LogP contribution < -0.4 is 15.2 Å². The smallest absolute Gasteiger partial charge is 0.339 e. The summed E-state index contributed by atoms with van der Waals surface area (Å²) in [5.41, 5.74) is 7.27. The van der Waals surface area contributed by atoms with E-state index in [4.69, 9.17) is 20.0 Å². The van der Waals surface area contributed by atoms with Crippen molar-refractivity contribution in [1.82, 2.24) is 5.06 Å².